The lowest BCUT2D eigenvalue weighted by molar-refractivity contribution is -0.123. The van der Waals surface area contributed by atoms with Crippen LogP contribution < -0.4 is 10.6 Å². The monoisotopic (exact) mass is 381 g/mol. The highest BCUT2D eigenvalue weighted by atomic mass is 79.9. The molecule has 0 unspecified atom stereocenters. The standard InChI is InChI=1S/C15H16BrN3O4/c1-2-7-17-15(22)19-11(20)8-23-14(21)13-12(16)9-5-3-4-6-10(9)18-13/h3-6,18H,2,7-8H2,1H3,(H2,17,19,20,22). The second-order valence-electron chi connectivity index (χ2n) is 4.74. The van der Waals surface area contributed by atoms with Crippen LogP contribution in [0.3, 0.4) is 0 Å². The fourth-order valence-electron chi connectivity index (χ4n) is 1.90. The van der Waals surface area contributed by atoms with Gasteiger partial charge in [-0.25, -0.2) is 9.59 Å². The van der Waals surface area contributed by atoms with E-state index in [1.807, 2.05) is 31.2 Å². The zero-order valence-electron chi connectivity index (χ0n) is 12.4. The van der Waals surface area contributed by atoms with Gasteiger partial charge >= 0.3 is 12.0 Å². The third kappa shape index (κ3) is 4.32. The van der Waals surface area contributed by atoms with Crippen LogP contribution >= 0.6 is 15.9 Å². The highest BCUT2D eigenvalue weighted by molar-refractivity contribution is 9.10. The SMILES string of the molecule is CCCNC(=O)NC(=O)COC(=O)c1[nH]c2ccccc2c1Br. The predicted molar refractivity (Wildman–Crippen MR) is 88.1 cm³/mol. The Morgan fingerprint density at radius 2 is 2.00 bits per heavy atom. The molecule has 0 radical (unpaired) electrons. The molecule has 7 nitrogen and oxygen atoms in total. The second kappa shape index (κ2) is 7.77. The molecule has 0 bridgehead atoms. The first kappa shape index (κ1) is 17.0. The molecule has 3 N–H and O–H groups in total. The van der Waals surface area contributed by atoms with Crippen molar-refractivity contribution >= 4 is 44.7 Å². The van der Waals surface area contributed by atoms with E-state index in [4.69, 9.17) is 4.74 Å². The number of nitrogens with one attached hydrogen (secondary N) is 3. The molecule has 0 aliphatic heterocycles. The first-order valence-corrected chi connectivity index (χ1v) is 7.83. The van der Waals surface area contributed by atoms with E-state index in [0.29, 0.717) is 11.0 Å². The quantitative estimate of drug-likeness (QED) is 0.691. The number of carbonyl (C=O) groups is 3. The summed E-state index contributed by atoms with van der Waals surface area (Å²) in [5.74, 6) is -1.38. The Bertz CT molecular complexity index is 741. The Hall–Kier alpha value is -2.35. The zero-order valence-corrected chi connectivity index (χ0v) is 14.0. The Kier molecular flexibility index (Phi) is 5.75. The Morgan fingerprint density at radius 3 is 2.70 bits per heavy atom. The van der Waals surface area contributed by atoms with Crippen molar-refractivity contribution in [3.05, 3.63) is 34.4 Å². The van der Waals surface area contributed by atoms with E-state index in [2.05, 4.69) is 31.5 Å². The fraction of sp³-hybridized carbons (Fsp3) is 0.267. The summed E-state index contributed by atoms with van der Waals surface area (Å²) in [5.41, 5.74) is 0.990. The first-order chi connectivity index (χ1) is 11.0. The lowest BCUT2D eigenvalue weighted by Gasteiger charge is -2.06. The minimum absolute atomic E-state index is 0.217. The van der Waals surface area contributed by atoms with E-state index in [0.717, 1.165) is 17.3 Å². The molecule has 1 aromatic carbocycles. The van der Waals surface area contributed by atoms with Crippen LogP contribution in [0.1, 0.15) is 23.8 Å². The molecule has 3 amide bonds. The number of urea groups is 1. The molecule has 23 heavy (non-hydrogen) atoms. The molecule has 122 valence electrons. The number of amides is 3. The van der Waals surface area contributed by atoms with Crippen LogP contribution in [0, 0.1) is 0 Å². The molecule has 0 saturated carbocycles. The highest BCUT2D eigenvalue weighted by Gasteiger charge is 2.18. The summed E-state index contributed by atoms with van der Waals surface area (Å²) in [5, 5.41) is 5.39. The maximum absolute atomic E-state index is 12.0. The Morgan fingerprint density at radius 1 is 1.26 bits per heavy atom. The number of para-hydroxylation sites is 1. The van der Waals surface area contributed by atoms with E-state index < -0.39 is 24.5 Å². The lowest BCUT2D eigenvalue weighted by Crippen LogP contribution is -2.41. The van der Waals surface area contributed by atoms with Gasteiger partial charge in [0.2, 0.25) is 0 Å². The highest BCUT2D eigenvalue weighted by Crippen LogP contribution is 2.27. The van der Waals surface area contributed by atoms with Gasteiger partial charge in [-0.15, -0.1) is 0 Å². The van der Waals surface area contributed by atoms with Gasteiger partial charge in [-0.3, -0.25) is 10.1 Å². The van der Waals surface area contributed by atoms with Crippen molar-refractivity contribution in [2.45, 2.75) is 13.3 Å². The van der Waals surface area contributed by atoms with Gasteiger partial charge in [0.1, 0.15) is 5.69 Å². The summed E-state index contributed by atoms with van der Waals surface area (Å²) in [6, 6.07) is 6.74. The number of hydrogen-bond donors (Lipinski definition) is 3. The van der Waals surface area contributed by atoms with Gasteiger partial charge in [0.05, 0.1) is 4.47 Å². The molecule has 0 fully saturated rings. The van der Waals surface area contributed by atoms with E-state index in [1.165, 1.54) is 0 Å². The van der Waals surface area contributed by atoms with Crippen LogP contribution in [0.25, 0.3) is 10.9 Å². The molecule has 8 heteroatoms. The fourth-order valence-corrected chi connectivity index (χ4v) is 2.50. The van der Waals surface area contributed by atoms with Crippen molar-refractivity contribution in [3.8, 4) is 0 Å². The maximum Gasteiger partial charge on any atom is 0.356 e. The molecule has 0 aliphatic rings. The molecule has 2 rings (SSSR count). The van der Waals surface area contributed by atoms with Crippen LogP contribution in [-0.4, -0.2) is 36.0 Å². The lowest BCUT2D eigenvalue weighted by atomic mass is 10.2. The smallest absolute Gasteiger partial charge is 0.356 e. The number of esters is 1. The summed E-state index contributed by atoms with van der Waals surface area (Å²) in [6.45, 7) is 1.81. The molecule has 0 spiro atoms. The maximum atomic E-state index is 12.0. The number of aromatic amines is 1. The zero-order chi connectivity index (χ0) is 16.8. The van der Waals surface area contributed by atoms with Gasteiger partial charge in [-0.2, -0.15) is 0 Å². The van der Waals surface area contributed by atoms with Gasteiger partial charge in [-0.05, 0) is 28.4 Å². The van der Waals surface area contributed by atoms with E-state index in [-0.39, 0.29) is 5.69 Å². The van der Waals surface area contributed by atoms with Crippen molar-refractivity contribution in [1.29, 1.82) is 0 Å². The largest absolute Gasteiger partial charge is 0.451 e. The minimum Gasteiger partial charge on any atom is -0.451 e. The van der Waals surface area contributed by atoms with E-state index in [1.54, 1.807) is 0 Å². The summed E-state index contributed by atoms with van der Waals surface area (Å²) in [6.07, 6.45) is 0.755. The van der Waals surface area contributed by atoms with Gasteiger partial charge in [-0.1, -0.05) is 25.1 Å². The topological polar surface area (TPSA) is 100 Å². The Labute approximate surface area is 140 Å². The van der Waals surface area contributed by atoms with E-state index in [9.17, 15) is 14.4 Å². The number of hydrogen-bond acceptors (Lipinski definition) is 4. The number of H-pyrrole nitrogens is 1. The normalized spacial score (nSPS) is 10.3. The average molecular weight is 382 g/mol. The minimum atomic E-state index is -0.695. The number of fused-ring (bicyclic) bond motifs is 1. The van der Waals surface area contributed by atoms with Gasteiger partial charge in [0.25, 0.3) is 5.91 Å². The van der Waals surface area contributed by atoms with Crippen molar-refractivity contribution in [1.82, 2.24) is 15.6 Å². The van der Waals surface area contributed by atoms with Gasteiger partial charge < -0.3 is 15.0 Å². The van der Waals surface area contributed by atoms with Crippen LogP contribution in [-0.2, 0) is 9.53 Å². The average Bonchev–Trinajstić information content (AvgIpc) is 2.88. The van der Waals surface area contributed by atoms with E-state index >= 15 is 0 Å². The number of aromatic nitrogens is 1. The number of imide groups is 1. The third-order valence-electron chi connectivity index (χ3n) is 2.97. The number of benzene rings is 1. The van der Waals surface area contributed by atoms with Crippen LogP contribution in [0.5, 0.6) is 0 Å². The predicted octanol–water partition coefficient (Wildman–Crippen LogP) is 2.32. The summed E-state index contributed by atoms with van der Waals surface area (Å²) >= 11 is 3.33. The molecule has 1 heterocycles. The Balaban J connectivity index is 1.92. The molecule has 1 aromatic heterocycles. The van der Waals surface area contributed by atoms with Crippen LogP contribution in [0.4, 0.5) is 4.79 Å². The number of ether oxygens (including phenoxy) is 1. The molecule has 0 atom stereocenters. The molecule has 0 saturated heterocycles. The van der Waals surface area contributed by atoms with Crippen LogP contribution in [0.15, 0.2) is 28.7 Å². The number of halogens is 1. The van der Waals surface area contributed by atoms with Gasteiger partial charge in [0, 0.05) is 17.4 Å². The number of carbonyl (C=O) groups excluding carboxylic acids is 3. The summed E-state index contributed by atoms with van der Waals surface area (Å²) in [7, 11) is 0. The summed E-state index contributed by atoms with van der Waals surface area (Å²) < 4.78 is 5.48. The van der Waals surface area contributed by atoms with Crippen LogP contribution in [0.2, 0.25) is 0 Å². The van der Waals surface area contributed by atoms with Crippen molar-refractivity contribution in [2.24, 2.45) is 0 Å². The third-order valence-corrected chi connectivity index (χ3v) is 3.79. The van der Waals surface area contributed by atoms with Gasteiger partial charge in [0.15, 0.2) is 6.61 Å². The van der Waals surface area contributed by atoms with Crippen molar-refractivity contribution in [2.75, 3.05) is 13.2 Å². The number of rotatable bonds is 5. The first-order valence-electron chi connectivity index (χ1n) is 7.04. The van der Waals surface area contributed by atoms with Crippen molar-refractivity contribution < 1.29 is 19.1 Å². The molecule has 0 aliphatic carbocycles. The summed E-state index contributed by atoms with van der Waals surface area (Å²) in [4.78, 5) is 37.8. The molecular formula is C15H16BrN3O4. The van der Waals surface area contributed by atoms with Crippen molar-refractivity contribution in [3.63, 3.8) is 0 Å². The molecule has 2 aromatic rings. The molecular weight excluding hydrogens is 366 g/mol. The second-order valence-corrected chi connectivity index (χ2v) is 5.53.